The number of halogens is 1. The number of hydrogen-bond donors (Lipinski definition) is 0. The summed E-state index contributed by atoms with van der Waals surface area (Å²) in [4.78, 5) is 0. The van der Waals surface area contributed by atoms with Crippen LogP contribution in [0.25, 0.3) is 16.7 Å². The van der Waals surface area contributed by atoms with Gasteiger partial charge in [-0.2, -0.15) is 0 Å². The van der Waals surface area contributed by atoms with Gasteiger partial charge in [0.2, 0.25) is 0 Å². The van der Waals surface area contributed by atoms with E-state index < -0.39 is 0 Å². The smallest absolute Gasteiger partial charge is 0.0175 e. The van der Waals surface area contributed by atoms with Crippen LogP contribution in [0.4, 0.5) is 0 Å². The molecule has 0 aromatic heterocycles. The average Bonchev–Trinajstić information content (AvgIpc) is 2.42. The first-order valence-electron chi connectivity index (χ1n) is 6.26. The predicted octanol–water partition coefficient (Wildman–Crippen LogP) is 5.93. The predicted molar refractivity (Wildman–Crippen MR) is 83.5 cm³/mol. The number of hydrogen-bond acceptors (Lipinski definition) is 0. The van der Waals surface area contributed by atoms with Crippen LogP contribution in [-0.4, -0.2) is 0 Å². The van der Waals surface area contributed by atoms with Gasteiger partial charge < -0.3 is 0 Å². The van der Waals surface area contributed by atoms with Crippen LogP contribution < -0.4 is 0 Å². The SMILES string of the molecule is CC=C(CC)c1ccc(-c2ccc(Br)cc2)cc1. The lowest BCUT2D eigenvalue weighted by Gasteiger charge is -2.06. The van der Waals surface area contributed by atoms with E-state index in [1.807, 2.05) is 0 Å². The summed E-state index contributed by atoms with van der Waals surface area (Å²) in [5, 5.41) is 0. The van der Waals surface area contributed by atoms with Gasteiger partial charge in [-0.1, -0.05) is 65.3 Å². The molecule has 0 aliphatic rings. The topological polar surface area (TPSA) is 0 Å². The molecule has 0 amide bonds. The maximum absolute atomic E-state index is 3.46. The van der Waals surface area contributed by atoms with E-state index in [1.54, 1.807) is 0 Å². The monoisotopic (exact) mass is 300 g/mol. The third-order valence-electron chi connectivity index (χ3n) is 3.16. The van der Waals surface area contributed by atoms with Crippen molar-refractivity contribution in [3.05, 3.63) is 64.6 Å². The summed E-state index contributed by atoms with van der Waals surface area (Å²) in [5.74, 6) is 0. The second kappa shape index (κ2) is 6.01. The van der Waals surface area contributed by atoms with Crippen LogP contribution in [0.1, 0.15) is 25.8 Å². The van der Waals surface area contributed by atoms with Crippen molar-refractivity contribution in [2.24, 2.45) is 0 Å². The normalized spacial score (nSPS) is 11.6. The summed E-state index contributed by atoms with van der Waals surface area (Å²) >= 11 is 3.46. The largest absolute Gasteiger partial charge is 0.0839 e. The van der Waals surface area contributed by atoms with Crippen molar-refractivity contribution in [2.45, 2.75) is 20.3 Å². The first kappa shape index (κ1) is 13.1. The molecule has 0 radical (unpaired) electrons. The van der Waals surface area contributed by atoms with Crippen LogP contribution in [0.5, 0.6) is 0 Å². The zero-order valence-corrected chi connectivity index (χ0v) is 12.4. The van der Waals surface area contributed by atoms with E-state index in [2.05, 4.69) is 84.4 Å². The summed E-state index contributed by atoms with van der Waals surface area (Å²) in [6, 6.07) is 17.2. The highest BCUT2D eigenvalue weighted by Crippen LogP contribution is 2.25. The summed E-state index contributed by atoms with van der Waals surface area (Å²) in [7, 11) is 0. The van der Waals surface area contributed by atoms with E-state index >= 15 is 0 Å². The Kier molecular flexibility index (Phi) is 4.38. The minimum Gasteiger partial charge on any atom is -0.0839 e. The van der Waals surface area contributed by atoms with Crippen LogP contribution in [0, 0.1) is 0 Å². The molecule has 0 nitrogen and oxygen atoms in total. The van der Waals surface area contributed by atoms with E-state index in [0.717, 1.165) is 10.9 Å². The fourth-order valence-electron chi connectivity index (χ4n) is 2.09. The van der Waals surface area contributed by atoms with Crippen LogP contribution in [0.2, 0.25) is 0 Å². The Labute approximate surface area is 117 Å². The lowest BCUT2D eigenvalue weighted by Crippen LogP contribution is -1.83. The maximum Gasteiger partial charge on any atom is 0.0175 e. The lowest BCUT2D eigenvalue weighted by molar-refractivity contribution is 1.23. The molecule has 0 aliphatic heterocycles. The number of benzene rings is 2. The molecule has 92 valence electrons. The molecule has 0 saturated carbocycles. The van der Waals surface area contributed by atoms with Gasteiger partial charge in [-0.15, -0.1) is 0 Å². The van der Waals surface area contributed by atoms with Crippen LogP contribution in [0.15, 0.2) is 59.1 Å². The van der Waals surface area contributed by atoms with Gasteiger partial charge in [-0.05, 0) is 47.7 Å². The molecule has 0 unspecified atom stereocenters. The van der Waals surface area contributed by atoms with Crippen molar-refractivity contribution < 1.29 is 0 Å². The quantitative estimate of drug-likeness (QED) is 0.659. The molecular weight excluding hydrogens is 284 g/mol. The van der Waals surface area contributed by atoms with Crippen molar-refractivity contribution in [3.63, 3.8) is 0 Å². The number of rotatable bonds is 3. The first-order chi connectivity index (χ1) is 8.74. The van der Waals surface area contributed by atoms with Crippen molar-refractivity contribution in [2.75, 3.05) is 0 Å². The van der Waals surface area contributed by atoms with E-state index in [1.165, 1.54) is 22.3 Å². The average molecular weight is 301 g/mol. The standard InChI is InChI=1S/C17H17Br/c1-3-13(4-2)14-5-7-15(8-6-14)16-9-11-17(18)12-10-16/h3,5-12H,4H2,1-2H3. The Morgan fingerprint density at radius 2 is 1.44 bits per heavy atom. The molecular formula is C17H17Br. The fourth-order valence-corrected chi connectivity index (χ4v) is 2.36. The first-order valence-corrected chi connectivity index (χ1v) is 7.05. The molecule has 0 spiro atoms. The van der Waals surface area contributed by atoms with Crippen molar-refractivity contribution >= 4 is 21.5 Å². The molecule has 2 aromatic rings. The Hall–Kier alpha value is -1.34. The minimum atomic E-state index is 1.08. The molecule has 2 aromatic carbocycles. The lowest BCUT2D eigenvalue weighted by atomic mass is 9.99. The highest BCUT2D eigenvalue weighted by molar-refractivity contribution is 9.10. The van der Waals surface area contributed by atoms with Crippen LogP contribution >= 0.6 is 15.9 Å². The van der Waals surface area contributed by atoms with Gasteiger partial charge >= 0.3 is 0 Å². The third-order valence-corrected chi connectivity index (χ3v) is 3.69. The van der Waals surface area contributed by atoms with Gasteiger partial charge in [0.25, 0.3) is 0 Å². The fraction of sp³-hybridized carbons (Fsp3) is 0.176. The maximum atomic E-state index is 3.46. The zero-order chi connectivity index (χ0) is 13.0. The molecule has 0 saturated heterocycles. The summed E-state index contributed by atoms with van der Waals surface area (Å²) < 4.78 is 1.12. The molecule has 0 heterocycles. The highest BCUT2D eigenvalue weighted by Gasteiger charge is 2.00. The second-order valence-electron chi connectivity index (χ2n) is 4.25. The Morgan fingerprint density at radius 1 is 0.944 bits per heavy atom. The summed E-state index contributed by atoms with van der Waals surface area (Å²) in [5.41, 5.74) is 5.24. The van der Waals surface area contributed by atoms with Gasteiger partial charge in [0.15, 0.2) is 0 Å². The molecule has 0 N–H and O–H groups in total. The van der Waals surface area contributed by atoms with Gasteiger partial charge in [0.1, 0.15) is 0 Å². The van der Waals surface area contributed by atoms with Crippen molar-refractivity contribution in [3.8, 4) is 11.1 Å². The summed E-state index contributed by atoms with van der Waals surface area (Å²) in [6.45, 7) is 4.29. The van der Waals surface area contributed by atoms with E-state index in [-0.39, 0.29) is 0 Å². The van der Waals surface area contributed by atoms with Crippen molar-refractivity contribution in [1.29, 1.82) is 0 Å². The second-order valence-corrected chi connectivity index (χ2v) is 5.17. The third kappa shape index (κ3) is 2.91. The van der Waals surface area contributed by atoms with E-state index in [0.29, 0.717) is 0 Å². The van der Waals surface area contributed by atoms with Crippen molar-refractivity contribution in [1.82, 2.24) is 0 Å². The van der Waals surface area contributed by atoms with Crippen LogP contribution in [0.3, 0.4) is 0 Å². The van der Waals surface area contributed by atoms with E-state index in [9.17, 15) is 0 Å². The van der Waals surface area contributed by atoms with E-state index in [4.69, 9.17) is 0 Å². The molecule has 0 bridgehead atoms. The molecule has 1 heteroatoms. The van der Waals surface area contributed by atoms with Gasteiger partial charge in [-0.25, -0.2) is 0 Å². The van der Waals surface area contributed by atoms with Crippen LogP contribution in [-0.2, 0) is 0 Å². The Morgan fingerprint density at radius 3 is 1.89 bits per heavy atom. The zero-order valence-electron chi connectivity index (χ0n) is 10.8. The van der Waals surface area contributed by atoms with Gasteiger partial charge in [0.05, 0.1) is 0 Å². The Balaban J connectivity index is 2.30. The molecule has 0 aliphatic carbocycles. The minimum absolute atomic E-state index is 1.08. The molecule has 0 fully saturated rings. The molecule has 2 rings (SSSR count). The Bertz CT molecular complexity index is 533. The molecule has 0 atom stereocenters. The highest BCUT2D eigenvalue weighted by atomic mass is 79.9. The summed E-state index contributed by atoms with van der Waals surface area (Å²) in [6.07, 6.45) is 3.27. The van der Waals surface area contributed by atoms with Gasteiger partial charge in [0, 0.05) is 4.47 Å². The van der Waals surface area contributed by atoms with Gasteiger partial charge in [-0.3, -0.25) is 0 Å². The number of allylic oxidation sites excluding steroid dienone is 2. The molecule has 18 heavy (non-hydrogen) atoms.